The summed E-state index contributed by atoms with van der Waals surface area (Å²) in [4.78, 5) is 33.8. The van der Waals surface area contributed by atoms with Crippen LogP contribution >= 0.6 is 7.82 Å². The molecule has 1 aromatic rings. The van der Waals surface area contributed by atoms with E-state index in [1.54, 1.807) is 0 Å². The van der Waals surface area contributed by atoms with Gasteiger partial charge in [0.15, 0.2) is 11.6 Å². The van der Waals surface area contributed by atoms with Crippen molar-refractivity contribution in [3.63, 3.8) is 0 Å². The van der Waals surface area contributed by atoms with E-state index in [1.807, 2.05) is 0 Å². The van der Waals surface area contributed by atoms with Crippen molar-refractivity contribution in [2.24, 2.45) is 0 Å². The molecular weight excluding hydrogens is 211 g/mol. The van der Waals surface area contributed by atoms with Crippen LogP contribution in [-0.2, 0) is 15.7 Å². The third kappa shape index (κ3) is 3.39. The first-order chi connectivity index (χ1) is 6.38. The molecule has 78 valence electrons. The first-order valence-electron chi connectivity index (χ1n) is 3.63. The Balaban J connectivity index is 2.61. The monoisotopic (exact) mass is 220 g/mol. The topological polar surface area (TPSA) is 113 Å². The molecule has 0 aliphatic heterocycles. The van der Waals surface area contributed by atoms with Crippen molar-refractivity contribution in [2.75, 3.05) is 0 Å². The molecule has 0 aromatic carbocycles. The first-order valence-corrected chi connectivity index (χ1v) is 5.16. The Bertz CT molecular complexity index is 381. The minimum Gasteiger partial charge on any atom is -0.337 e. The van der Waals surface area contributed by atoms with Crippen LogP contribution < -0.4 is 0 Å². The quantitative estimate of drug-likeness (QED) is 0.494. The van der Waals surface area contributed by atoms with Crippen LogP contribution in [0.4, 0.5) is 0 Å². The fourth-order valence-corrected chi connectivity index (χ4v) is 1.07. The van der Waals surface area contributed by atoms with Crippen LogP contribution in [0.3, 0.4) is 0 Å². The van der Waals surface area contributed by atoms with Gasteiger partial charge in [0.25, 0.3) is 0 Å². The summed E-state index contributed by atoms with van der Waals surface area (Å²) in [6, 6.07) is 0. The molecule has 0 amide bonds. The van der Waals surface area contributed by atoms with Gasteiger partial charge in [-0.1, -0.05) is 0 Å². The van der Waals surface area contributed by atoms with E-state index >= 15 is 0 Å². The maximum absolute atomic E-state index is 10.8. The molecular formula is C6H9N2O5P. The van der Waals surface area contributed by atoms with Gasteiger partial charge >= 0.3 is 7.82 Å². The number of H-pyrrole nitrogens is 1. The highest BCUT2D eigenvalue weighted by Crippen LogP contribution is 2.36. The van der Waals surface area contributed by atoms with E-state index in [0.29, 0.717) is 5.69 Å². The second-order valence-corrected chi connectivity index (χ2v) is 3.82. The molecule has 7 nitrogen and oxygen atoms in total. The number of carbonyl (C=O) groups excluding carboxylic acids is 1. The van der Waals surface area contributed by atoms with Gasteiger partial charge < -0.3 is 14.8 Å². The number of aromatic amines is 1. The molecule has 0 unspecified atom stereocenters. The van der Waals surface area contributed by atoms with Gasteiger partial charge in [0.2, 0.25) is 0 Å². The van der Waals surface area contributed by atoms with E-state index in [0.717, 1.165) is 0 Å². The standard InChI is InChI=1S/C6H9N2O5P/c1-4(9)6-7-2-5(8-6)3-13-14(10,11)12/h2H,3H2,1H3,(H,7,8)(H2,10,11,12). The minimum absolute atomic E-state index is 0.134. The zero-order valence-electron chi connectivity index (χ0n) is 7.30. The third-order valence-corrected chi connectivity index (χ3v) is 1.82. The highest BCUT2D eigenvalue weighted by molar-refractivity contribution is 7.46. The maximum Gasteiger partial charge on any atom is 0.469 e. The van der Waals surface area contributed by atoms with Gasteiger partial charge in [-0.15, -0.1) is 0 Å². The van der Waals surface area contributed by atoms with Gasteiger partial charge in [0.05, 0.1) is 11.9 Å². The number of nitrogens with zero attached hydrogens (tertiary/aromatic N) is 1. The fourth-order valence-electron chi connectivity index (χ4n) is 0.765. The number of hydrogen-bond donors (Lipinski definition) is 3. The van der Waals surface area contributed by atoms with Crippen LogP contribution in [0.2, 0.25) is 0 Å². The van der Waals surface area contributed by atoms with E-state index in [4.69, 9.17) is 9.79 Å². The lowest BCUT2D eigenvalue weighted by Gasteiger charge is -2.02. The number of phosphoric acid groups is 1. The van der Waals surface area contributed by atoms with Crippen LogP contribution in [0.1, 0.15) is 23.2 Å². The highest BCUT2D eigenvalue weighted by atomic mass is 31.2. The van der Waals surface area contributed by atoms with E-state index in [9.17, 15) is 9.36 Å². The van der Waals surface area contributed by atoms with E-state index < -0.39 is 7.82 Å². The molecule has 1 rings (SSSR count). The molecule has 0 aliphatic carbocycles. The molecule has 1 heterocycles. The summed E-state index contributed by atoms with van der Waals surface area (Å²) >= 11 is 0. The summed E-state index contributed by atoms with van der Waals surface area (Å²) in [5.74, 6) is -0.123. The fraction of sp³-hybridized carbons (Fsp3) is 0.333. The second-order valence-electron chi connectivity index (χ2n) is 2.58. The highest BCUT2D eigenvalue weighted by Gasteiger charge is 2.14. The largest absolute Gasteiger partial charge is 0.469 e. The van der Waals surface area contributed by atoms with E-state index in [-0.39, 0.29) is 18.2 Å². The summed E-state index contributed by atoms with van der Waals surface area (Å²) in [6.45, 7) is 1.01. The summed E-state index contributed by atoms with van der Waals surface area (Å²) in [5.41, 5.74) is 0.332. The van der Waals surface area contributed by atoms with Crippen molar-refractivity contribution in [1.29, 1.82) is 0 Å². The van der Waals surface area contributed by atoms with Gasteiger partial charge in [0.1, 0.15) is 6.61 Å². The number of rotatable bonds is 4. The van der Waals surface area contributed by atoms with Crippen LogP contribution in [0, 0.1) is 0 Å². The second kappa shape index (κ2) is 4.02. The number of aromatic nitrogens is 2. The summed E-state index contributed by atoms with van der Waals surface area (Å²) in [6.07, 6.45) is 1.28. The van der Waals surface area contributed by atoms with Crippen molar-refractivity contribution < 1.29 is 23.7 Å². The predicted octanol–water partition coefficient (Wildman–Crippen LogP) is 0.222. The Morgan fingerprint density at radius 2 is 2.36 bits per heavy atom. The molecule has 1 aromatic heterocycles. The molecule has 0 atom stereocenters. The molecule has 0 saturated carbocycles. The normalized spacial score (nSPS) is 11.6. The Morgan fingerprint density at radius 3 is 2.79 bits per heavy atom. The SMILES string of the molecule is CC(=O)c1ncc(COP(=O)(O)O)[nH]1. The van der Waals surface area contributed by atoms with Gasteiger partial charge in [-0.3, -0.25) is 9.32 Å². The van der Waals surface area contributed by atoms with E-state index in [2.05, 4.69) is 14.5 Å². The molecule has 0 aliphatic rings. The zero-order chi connectivity index (χ0) is 10.8. The van der Waals surface area contributed by atoms with Gasteiger partial charge in [-0.25, -0.2) is 9.55 Å². The number of Topliss-reactive ketones (excluding diaryl/α,β-unsaturated/α-hetero) is 1. The van der Waals surface area contributed by atoms with Gasteiger partial charge in [-0.2, -0.15) is 0 Å². The van der Waals surface area contributed by atoms with Crippen LogP contribution in [0.25, 0.3) is 0 Å². The third-order valence-electron chi connectivity index (χ3n) is 1.35. The molecule has 14 heavy (non-hydrogen) atoms. The average molecular weight is 220 g/mol. The lowest BCUT2D eigenvalue weighted by atomic mass is 10.4. The Kier molecular flexibility index (Phi) is 3.17. The Morgan fingerprint density at radius 1 is 1.71 bits per heavy atom. The molecule has 3 N–H and O–H groups in total. The molecule has 0 radical (unpaired) electrons. The number of carbonyl (C=O) groups is 1. The maximum atomic E-state index is 10.8. The summed E-state index contributed by atoms with van der Waals surface area (Å²) in [5, 5.41) is 0. The Labute approximate surface area is 79.4 Å². The Hall–Kier alpha value is -1.01. The van der Waals surface area contributed by atoms with Crippen molar-refractivity contribution >= 4 is 13.6 Å². The summed E-state index contributed by atoms with van der Waals surface area (Å²) in [7, 11) is -4.48. The smallest absolute Gasteiger partial charge is 0.337 e. The molecule has 0 spiro atoms. The van der Waals surface area contributed by atoms with Crippen LogP contribution in [-0.4, -0.2) is 25.5 Å². The van der Waals surface area contributed by atoms with Gasteiger partial charge in [-0.05, 0) is 0 Å². The van der Waals surface area contributed by atoms with Crippen molar-refractivity contribution in [1.82, 2.24) is 9.97 Å². The first kappa shape index (κ1) is 11.1. The molecule has 0 bridgehead atoms. The average Bonchev–Trinajstić information content (AvgIpc) is 2.47. The van der Waals surface area contributed by atoms with E-state index in [1.165, 1.54) is 13.1 Å². The zero-order valence-corrected chi connectivity index (χ0v) is 8.19. The van der Waals surface area contributed by atoms with Gasteiger partial charge in [0, 0.05) is 6.92 Å². The van der Waals surface area contributed by atoms with Crippen LogP contribution in [0.15, 0.2) is 6.20 Å². The number of nitrogens with one attached hydrogen (secondary N) is 1. The van der Waals surface area contributed by atoms with Crippen molar-refractivity contribution in [3.05, 3.63) is 17.7 Å². The number of ketones is 1. The predicted molar refractivity (Wildman–Crippen MR) is 45.4 cm³/mol. The molecule has 0 fully saturated rings. The van der Waals surface area contributed by atoms with Crippen molar-refractivity contribution in [2.45, 2.75) is 13.5 Å². The lowest BCUT2D eigenvalue weighted by Crippen LogP contribution is -1.96. The molecule has 0 saturated heterocycles. The lowest BCUT2D eigenvalue weighted by molar-refractivity contribution is 0.100. The van der Waals surface area contributed by atoms with Crippen LogP contribution in [0.5, 0.6) is 0 Å². The minimum atomic E-state index is -4.48. The summed E-state index contributed by atoms with van der Waals surface area (Å²) < 4.78 is 14.5. The number of hydrogen-bond acceptors (Lipinski definition) is 4. The number of imidazole rings is 1. The molecule has 8 heteroatoms. The van der Waals surface area contributed by atoms with Crippen molar-refractivity contribution in [3.8, 4) is 0 Å². The number of phosphoric ester groups is 1.